The first-order valence-corrected chi connectivity index (χ1v) is 10.1. The van der Waals surface area contributed by atoms with Crippen LogP contribution in [0, 0.1) is 11.6 Å². The molecule has 0 saturated carbocycles. The fourth-order valence-corrected chi connectivity index (χ4v) is 4.69. The maximum absolute atomic E-state index is 13.3. The van der Waals surface area contributed by atoms with E-state index in [9.17, 15) is 22.0 Å². The predicted octanol–water partition coefficient (Wildman–Crippen LogP) is 3.02. The summed E-state index contributed by atoms with van der Waals surface area (Å²) in [5, 5.41) is 2.42. The molecule has 1 fully saturated rings. The van der Waals surface area contributed by atoms with Gasteiger partial charge in [0.05, 0.1) is 17.1 Å². The third-order valence-electron chi connectivity index (χ3n) is 4.30. The summed E-state index contributed by atoms with van der Waals surface area (Å²) in [7, 11) is -3.81. The molecule has 2 atom stereocenters. The van der Waals surface area contributed by atoms with Gasteiger partial charge in [-0.3, -0.25) is 4.79 Å². The number of rotatable bonds is 4. The molecule has 1 aliphatic rings. The van der Waals surface area contributed by atoms with E-state index >= 15 is 0 Å². The smallest absolute Gasteiger partial charge is 0.255 e. The third kappa shape index (κ3) is 4.37. The molecule has 0 spiro atoms. The Balaban J connectivity index is 1.83. The van der Waals surface area contributed by atoms with E-state index in [0.717, 1.165) is 12.1 Å². The minimum atomic E-state index is -3.81. The van der Waals surface area contributed by atoms with E-state index in [1.54, 1.807) is 13.8 Å². The van der Waals surface area contributed by atoms with Crippen LogP contribution in [-0.4, -0.2) is 43.9 Å². The van der Waals surface area contributed by atoms with Crippen LogP contribution < -0.4 is 5.32 Å². The summed E-state index contributed by atoms with van der Waals surface area (Å²) in [6, 6.07) is 8.54. The zero-order valence-electron chi connectivity index (χ0n) is 15.4. The van der Waals surface area contributed by atoms with Crippen LogP contribution in [0.5, 0.6) is 0 Å². The van der Waals surface area contributed by atoms with Crippen LogP contribution in [0.2, 0.25) is 0 Å². The lowest BCUT2D eigenvalue weighted by atomic mass is 10.2. The molecule has 1 N–H and O–H groups in total. The average Bonchev–Trinajstić information content (AvgIpc) is 2.64. The van der Waals surface area contributed by atoms with Gasteiger partial charge in [0.15, 0.2) is 11.6 Å². The molecular formula is C19H20F2N2O4S. The van der Waals surface area contributed by atoms with Crippen LogP contribution in [0.4, 0.5) is 14.5 Å². The van der Waals surface area contributed by atoms with Crippen molar-refractivity contribution in [3.05, 3.63) is 59.7 Å². The van der Waals surface area contributed by atoms with Gasteiger partial charge in [-0.15, -0.1) is 0 Å². The maximum atomic E-state index is 13.3. The standard InChI is InChI=1S/C19H20F2N2O4S/c1-12-10-23(11-13(2)27-12)28(25,26)16-5-3-4-14(8-16)19(24)22-15-6-7-17(20)18(21)9-15/h3-9,12-13H,10-11H2,1-2H3,(H,22,24). The highest BCUT2D eigenvalue weighted by atomic mass is 32.2. The number of carbonyl (C=O) groups excluding carboxylic acids is 1. The van der Waals surface area contributed by atoms with E-state index in [1.165, 1.54) is 34.6 Å². The zero-order chi connectivity index (χ0) is 20.5. The number of carbonyl (C=O) groups is 1. The molecule has 6 nitrogen and oxygen atoms in total. The molecule has 2 unspecified atom stereocenters. The van der Waals surface area contributed by atoms with Crippen molar-refractivity contribution in [2.75, 3.05) is 18.4 Å². The third-order valence-corrected chi connectivity index (χ3v) is 6.13. The molecule has 9 heteroatoms. The molecule has 1 aliphatic heterocycles. The maximum Gasteiger partial charge on any atom is 0.255 e. The Kier molecular flexibility index (Phi) is 5.78. The van der Waals surface area contributed by atoms with E-state index in [2.05, 4.69) is 5.32 Å². The Labute approximate surface area is 162 Å². The SMILES string of the molecule is CC1CN(S(=O)(=O)c2cccc(C(=O)Nc3ccc(F)c(F)c3)c2)CC(C)O1. The highest BCUT2D eigenvalue weighted by Crippen LogP contribution is 2.22. The molecule has 2 aromatic carbocycles. The van der Waals surface area contributed by atoms with Crippen molar-refractivity contribution in [2.24, 2.45) is 0 Å². The molecule has 0 radical (unpaired) electrons. The summed E-state index contributed by atoms with van der Waals surface area (Å²) < 4.78 is 59.1. The van der Waals surface area contributed by atoms with Gasteiger partial charge in [0, 0.05) is 30.4 Å². The van der Waals surface area contributed by atoms with Crippen molar-refractivity contribution < 1.29 is 26.7 Å². The number of morpholine rings is 1. The number of ether oxygens (including phenoxy) is 1. The van der Waals surface area contributed by atoms with Gasteiger partial charge in [0.2, 0.25) is 10.0 Å². The Bertz CT molecular complexity index is 987. The summed E-state index contributed by atoms with van der Waals surface area (Å²) in [4.78, 5) is 12.4. The number of nitrogens with one attached hydrogen (secondary N) is 1. The Morgan fingerprint density at radius 2 is 1.75 bits per heavy atom. The molecule has 3 rings (SSSR count). The van der Waals surface area contributed by atoms with Crippen LogP contribution >= 0.6 is 0 Å². The molecule has 1 heterocycles. The first-order chi connectivity index (χ1) is 13.2. The number of hydrogen-bond acceptors (Lipinski definition) is 4. The predicted molar refractivity (Wildman–Crippen MR) is 99.5 cm³/mol. The molecular weight excluding hydrogens is 390 g/mol. The quantitative estimate of drug-likeness (QED) is 0.841. The van der Waals surface area contributed by atoms with E-state index in [0.29, 0.717) is 0 Å². The molecule has 2 aromatic rings. The van der Waals surface area contributed by atoms with Crippen LogP contribution in [0.3, 0.4) is 0 Å². The Morgan fingerprint density at radius 1 is 1.07 bits per heavy atom. The minimum absolute atomic E-state index is 0.0215. The first kappa shape index (κ1) is 20.4. The van der Waals surface area contributed by atoms with E-state index in [1.807, 2.05) is 0 Å². The number of benzene rings is 2. The van der Waals surface area contributed by atoms with Gasteiger partial charge in [0.25, 0.3) is 5.91 Å². The van der Waals surface area contributed by atoms with Crippen molar-refractivity contribution in [3.8, 4) is 0 Å². The summed E-state index contributed by atoms with van der Waals surface area (Å²) in [6.45, 7) is 4.03. The lowest BCUT2D eigenvalue weighted by molar-refractivity contribution is -0.0440. The summed E-state index contributed by atoms with van der Waals surface area (Å²) in [6.07, 6.45) is -0.475. The number of halogens is 2. The fourth-order valence-electron chi connectivity index (χ4n) is 3.05. The second kappa shape index (κ2) is 7.94. The number of sulfonamides is 1. The van der Waals surface area contributed by atoms with Crippen molar-refractivity contribution in [3.63, 3.8) is 0 Å². The Hall–Kier alpha value is -2.36. The highest BCUT2D eigenvalue weighted by Gasteiger charge is 2.32. The van der Waals surface area contributed by atoms with Gasteiger partial charge >= 0.3 is 0 Å². The first-order valence-electron chi connectivity index (χ1n) is 8.69. The minimum Gasteiger partial charge on any atom is -0.373 e. The Morgan fingerprint density at radius 3 is 2.39 bits per heavy atom. The number of anilines is 1. The van der Waals surface area contributed by atoms with E-state index in [4.69, 9.17) is 4.74 Å². The second-order valence-corrected chi connectivity index (χ2v) is 8.63. The number of amides is 1. The van der Waals surface area contributed by atoms with E-state index in [-0.39, 0.29) is 41.4 Å². The summed E-state index contributed by atoms with van der Waals surface area (Å²) in [5.74, 6) is -2.75. The monoisotopic (exact) mass is 410 g/mol. The lowest BCUT2D eigenvalue weighted by Crippen LogP contribution is -2.48. The highest BCUT2D eigenvalue weighted by molar-refractivity contribution is 7.89. The van der Waals surface area contributed by atoms with Crippen molar-refractivity contribution in [1.29, 1.82) is 0 Å². The van der Waals surface area contributed by atoms with E-state index < -0.39 is 27.6 Å². The van der Waals surface area contributed by atoms with Gasteiger partial charge in [-0.2, -0.15) is 4.31 Å². The van der Waals surface area contributed by atoms with Crippen LogP contribution in [-0.2, 0) is 14.8 Å². The topological polar surface area (TPSA) is 75.7 Å². The summed E-state index contributed by atoms with van der Waals surface area (Å²) >= 11 is 0. The van der Waals surface area contributed by atoms with Crippen LogP contribution in [0.1, 0.15) is 24.2 Å². The normalized spacial score (nSPS) is 20.7. The van der Waals surface area contributed by atoms with Gasteiger partial charge < -0.3 is 10.1 Å². The molecule has 1 saturated heterocycles. The lowest BCUT2D eigenvalue weighted by Gasteiger charge is -2.34. The van der Waals surface area contributed by atoms with Gasteiger partial charge in [-0.25, -0.2) is 17.2 Å². The number of hydrogen-bond donors (Lipinski definition) is 1. The van der Waals surface area contributed by atoms with Crippen molar-refractivity contribution in [1.82, 2.24) is 4.31 Å². The molecule has 0 aromatic heterocycles. The molecule has 0 aliphatic carbocycles. The molecule has 1 amide bonds. The number of nitrogens with zero attached hydrogens (tertiary/aromatic N) is 1. The largest absolute Gasteiger partial charge is 0.373 e. The van der Waals surface area contributed by atoms with Crippen LogP contribution in [0.25, 0.3) is 0 Å². The van der Waals surface area contributed by atoms with Gasteiger partial charge in [-0.05, 0) is 44.2 Å². The summed E-state index contributed by atoms with van der Waals surface area (Å²) in [5.41, 5.74) is 0.146. The zero-order valence-corrected chi connectivity index (χ0v) is 16.2. The second-order valence-electron chi connectivity index (χ2n) is 6.69. The average molecular weight is 410 g/mol. The van der Waals surface area contributed by atoms with Gasteiger partial charge in [-0.1, -0.05) is 6.07 Å². The van der Waals surface area contributed by atoms with Crippen LogP contribution in [0.15, 0.2) is 47.4 Å². The fraction of sp³-hybridized carbons (Fsp3) is 0.316. The molecule has 28 heavy (non-hydrogen) atoms. The molecule has 150 valence electrons. The van der Waals surface area contributed by atoms with Gasteiger partial charge in [0.1, 0.15) is 0 Å². The van der Waals surface area contributed by atoms with Crippen molar-refractivity contribution in [2.45, 2.75) is 31.0 Å². The van der Waals surface area contributed by atoms with Crippen molar-refractivity contribution >= 4 is 21.6 Å². The molecule has 0 bridgehead atoms.